The molecule has 0 amide bonds. The van der Waals surface area contributed by atoms with Crippen molar-refractivity contribution in [3.05, 3.63) is 0 Å². The molecule has 0 N–H and O–H groups in total. The molecule has 1 aliphatic carbocycles. The second-order valence-electron chi connectivity index (χ2n) is 4.61. The molecule has 0 aromatic carbocycles. The van der Waals surface area contributed by atoms with Crippen LogP contribution in [0.4, 0.5) is 0 Å². The topological polar surface area (TPSA) is 43.6 Å². The molecule has 0 bridgehead atoms. The lowest BCUT2D eigenvalue weighted by Gasteiger charge is -2.16. The number of nitrogens with zero attached hydrogens (tertiary/aromatic N) is 4. The van der Waals surface area contributed by atoms with Gasteiger partial charge in [0.1, 0.15) is 0 Å². The molecule has 0 radical (unpaired) electrons. The summed E-state index contributed by atoms with van der Waals surface area (Å²) in [5.41, 5.74) is 0. The molecule has 6 heteroatoms. The van der Waals surface area contributed by atoms with Crippen molar-refractivity contribution in [2.24, 2.45) is 11.8 Å². The molecule has 1 unspecified atom stereocenters. The summed E-state index contributed by atoms with van der Waals surface area (Å²) in [5, 5.41) is 13.9. The maximum absolute atomic E-state index is 4.09. The van der Waals surface area contributed by atoms with E-state index in [9.17, 15) is 0 Å². The van der Waals surface area contributed by atoms with Gasteiger partial charge in [-0.25, -0.2) is 4.68 Å². The molecule has 0 spiro atoms. The number of alkyl halides is 1. The minimum absolute atomic E-state index is 0.568. The van der Waals surface area contributed by atoms with E-state index in [0.717, 1.165) is 16.2 Å². The van der Waals surface area contributed by atoms with Crippen LogP contribution in [0.25, 0.3) is 0 Å². The van der Waals surface area contributed by atoms with Crippen LogP contribution in [0.5, 0.6) is 0 Å². The highest BCUT2D eigenvalue weighted by Crippen LogP contribution is 2.36. The van der Waals surface area contributed by atoms with E-state index in [4.69, 9.17) is 0 Å². The van der Waals surface area contributed by atoms with E-state index in [0.29, 0.717) is 17.9 Å². The molecule has 1 atom stereocenters. The molecule has 1 aromatic rings. The average Bonchev–Trinajstić information content (AvgIpc) is 2.99. The van der Waals surface area contributed by atoms with Gasteiger partial charge >= 0.3 is 0 Å². The summed E-state index contributed by atoms with van der Waals surface area (Å²) in [5.74, 6) is 2.45. The molecule has 1 saturated carbocycles. The summed E-state index contributed by atoms with van der Waals surface area (Å²) in [6, 6.07) is 0.568. The van der Waals surface area contributed by atoms with Crippen LogP contribution in [0, 0.1) is 11.8 Å². The molecular formula is C10H17BrN4S. The van der Waals surface area contributed by atoms with E-state index in [-0.39, 0.29) is 0 Å². The standard InChI is InChI=1S/C10H17BrN4S/c1-7(2)8(5-11)6-16-10-12-13-14-15(10)9-3-4-9/h7-9H,3-6H2,1-2H3. The number of thioether (sulfide) groups is 1. The van der Waals surface area contributed by atoms with Crippen molar-refractivity contribution in [2.45, 2.75) is 37.9 Å². The minimum atomic E-state index is 0.568. The second kappa shape index (κ2) is 5.49. The highest BCUT2D eigenvalue weighted by molar-refractivity contribution is 9.09. The molecular weight excluding hydrogens is 288 g/mol. The Bertz CT molecular complexity index is 337. The lowest BCUT2D eigenvalue weighted by atomic mass is 10.0. The molecule has 0 saturated heterocycles. The normalized spacial score (nSPS) is 18.0. The fraction of sp³-hybridized carbons (Fsp3) is 0.900. The highest BCUT2D eigenvalue weighted by atomic mass is 79.9. The zero-order valence-corrected chi connectivity index (χ0v) is 12.0. The van der Waals surface area contributed by atoms with Crippen LogP contribution in [0.2, 0.25) is 0 Å². The van der Waals surface area contributed by atoms with Crippen molar-refractivity contribution in [1.82, 2.24) is 20.2 Å². The molecule has 1 heterocycles. The molecule has 2 rings (SSSR count). The van der Waals surface area contributed by atoms with Crippen LogP contribution in [0.3, 0.4) is 0 Å². The second-order valence-corrected chi connectivity index (χ2v) is 6.24. The van der Waals surface area contributed by atoms with Crippen LogP contribution in [0.15, 0.2) is 5.16 Å². The fourth-order valence-electron chi connectivity index (χ4n) is 1.43. The molecule has 4 nitrogen and oxygen atoms in total. The molecule has 16 heavy (non-hydrogen) atoms. The quantitative estimate of drug-likeness (QED) is 0.599. The van der Waals surface area contributed by atoms with Gasteiger partial charge in [0.05, 0.1) is 6.04 Å². The van der Waals surface area contributed by atoms with E-state index < -0.39 is 0 Å². The first-order chi connectivity index (χ1) is 7.72. The Morgan fingerprint density at radius 1 is 1.50 bits per heavy atom. The predicted octanol–water partition coefficient (Wildman–Crippen LogP) is 2.77. The predicted molar refractivity (Wildman–Crippen MR) is 68.9 cm³/mol. The van der Waals surface area contributed by atoms with Gasteiger partial charge in [-0.1, -0.05) is 41.5 Å². The zero-order valence-electron chi connectivity index (χ0n) is 9.64. The highest BCUT2D eigenvalue weighted by Gasteiger charge is 2.28. The number of halogens is 1. The van der Waals surface area contributed by atoms with E-state index in [1.165, 1.54) is 12.8 Å². The van der Waals surface area contributed by atoms with Crippen molar-refractivity contribution in [3.8, 4) is 0 Å². The number of rotatable bonds is 6. The van der Waals surface area contributed by atoms with Crippen molar-refractivity contribution >= 4 is 27.7 Å². The Hall–Kier alpha value is -0.100. The monoisotopic (exact) mass is 304 g/mol. The van der Waals surface area contributed by atoms with Crippen molar-refractivity contribution in [3.63, 3.8) is 0 Å². The largest absolute Gasteiger partial charge is 0.217 e. The maximum atomic E-state index is 4.09. The Morgan fingerprint density at radius 3 is 2.81 bits per heavy atom. The van der Waals surface area contributed by atoms with Crippen molar-refractivity contribution in [2.75, 3.05) is 11.1 Å². The summed E-state index contributed by atoms with van der Waals surface area (Å²) < 4.78 is 1.98. The summed E-state index contributed by atoms with van der Waals surface area (Å²) in [7, 11) is 0. The smallest absolute Gasteiger partial charge is 0.209 e. The summed E-state index contributed by atoms with van der Waals surface area (Å²) in [6.45, 7) is 4.52. The van der Waals surface area contributed by atoms with Crippen LogP contribution in [-0.4, -0.2) is 31.3 Å². The summed E-state index contributed by atoms with van der Waals surface area (Å²) in [6.07, 6.45) is 2.45. The van der Waals surface area contributed by atoms with Gasteiger partial charge in [0.25, 0.3) is 0 Å². The number of tetrazole rings is 1. The molecule has 90 valence electrons. The Kier molecular flexibility index (Phi) is 4.24. The number of aromatic nitrogens is 4. The van der Waals surface area contributed by atoms with Gasteiger partial charge < -0.3 is 0 Å². The van der Waals surface area contributed by atoms with Gasteiger partial charge in [0, 0.05) is 11.1 Å². The number of hydrogen-bond donors (Lipinski definition) is 0. The summed E-state index contributed by atoms with van der Waals surface area (Å²) in [4.78, 5) is 0. The zero-order chi connectivity index (χ0) is 11.5. The molecule has 1 aromatic heterocycles. The van der Waals surface area contributed by atoms with Gasteiger partial charge in [0.2, 0.25) is 5.16 Å². The Labute approximate surface area is 109 Å². The SMILES string of the molecule is CC(C)C(CBr)CSc1nnnn1C1CC1. The Morgan fingerprint density at radius 2 is 2.25 bits per heavy atom. The van der Waals surface area contributed by atoms with Gasteiger partial charge in [0.15, 0.2) is 0 Å². The lowest BCUT2D eigenvalue weighted by molar-refractivity contribution is 0.473. The Balaban J connectivity index is 1.90. The third kappa shape index (κ3) is 2.97. The first-order valence-corrected chi connectivity index (χ1v) is 7.79. The third-order valence-corrected chi connectivity index (χ3v) is 4.88. The average molecular weight is 305 g/mol. The fourth-order valence-corrected chi connectivity index (χ4v) is 3.98. The van der Waals surface area contributed by atoms with E-state index >= 15 is 0 Å². The van der Waals surface area contributed by atoms with Crippen LogP contribution in [0.1, 0.15) is 32.7 Å². The maximum Gasteiger partial charge on any atom is 0.209 e. The van der Waals surface area contributed by atoms with Crippen LogP contribution >= 0.6 is 27.7 Å². The molecule has 1 fully saturated rings. The van der Waals surface area contributed by atoms with Crippen LogP contribution < -0.4 is 0 Å². The van der Waals surface area contributed by atoms with Gasteiger partial charge in [-0.05, 0) is 35.1 Å². The lowest BCUT2D eigenvalue weighted by Crippen LogP contribution is -2.13. The van der Waals surface area contributed by atoms with E-state index in [1.807, 2.05) is 4.68 Å². The van der Waals surface area contributed by atoms with Crippen molar-refractivity contribution in [1.29, 1.82) is 0 Å². The van der Waals surface area contributed by atoms with E-state index in [2.05, 4.69) is 45.3 Å². The van der Waals surface area contributed by atoms with Gasteiger partial charge in [-0.3, -0.25) is 0 Å². The van der Waals surface area contributed by atoms with E-state index in [1.54, 1.807) is 11.8 Å². The molecule has 1 aliphatic rings. The minimum Gasteiger partial charge on any atom is -0.217 e. The van der Waals surface area contributed by atoms with Crippen molar-refractivity contribution < 1.29 is 0 Å². The van der Waals surface area contributed by atoms with Gasteiger partial charge in [-0.2, -0.15) is 0 Å². The summed E-state index contributed by atoms with van der Waals surface area (Å²) >= 11 is 5.35. The third-order valence-electron chi connectivity index (χ3n) is 2.92. The number of hydrogen-bond acceptors (Lipinski definition) is 4. The molecule has 0 aliphatic heterocycles. The first kappa shape index (κ1) is 12.4. The van der Waals surface area contributed by atoms with Gasteiger partial charge in [-0.15, -0.1) is 5.10 Å². The first-order valence-electron chi connectivity index (χ1n) is 5.69. The van der Waals surface area contributed by atoms with Crippen LogP contribution in [-0.2, 0) is 0 Å².